The van der Waals surface area contributed by atoms with Crippen molar-refractivity contribution in [3.05, 3.63) is 29.3 Å². The summed E-state index contributed by atoms with van der Waals surface area (Å²) in [6.45, 7) is 5.30. The average molecular weight is 321 g/mol. The molecule has 0 heterocycles. The molecule has 0 spiro atoms. The van der Waals surface area contributed by atoms with E-state index < -0.39 is 5.97 Å². The van der Waals surface area contributed by atoms with Crippen LogP contribution in [0.4, 0.5) is 0 Å². The van der Waals surface area contributed by atoms with E-state index in [1.165, 1.54) is 18.9 Å². The van der Waals surface area contributed by atoms with Crippen LogP contribution in [0.3, 0.4) is 0 Å². The summed E-state index contributed by atoms with van der Waals surface area (Å²) in [5.74, 6) is -0.804. The van der Waals surface area contributed by atoms with Gasteiger partial charge in [-0.05, 0) is 31.0 Å². The molecule has 1 amide bonds. The summed E-state index contributed by atoms with van der Waals surface area (Å²) in [5, 5.41) is 8.97. The molecule has 0 aromatic heterocycles. The smallest absolute Gasteiger partial charge is 0.323 e. The molecular weight excluding hydrogens is 298 g/mol. The molecule has 0 aliphatic heterocycles. The normalized spacial score (nSPS) is 10.5. The summed E-state index contributed by atoms with van der Waals surface area (Å²) >= 11 is 0. The number of benzene rings is 1. The fourth-order valence-electron chi connectivity index (χ4n) is 2.27. The van der Waals surface area contributed by atoms with Gasteiger partial charge in [-0.15, -0.1) is 0 Å². The predicted molar refractivity (Wildman–Crippen MR) is 85.8 cm³/mol. The van der Waals surface area contributed by atoms with Crippen molar-refractivity contribution in [1.82, 2.24) is 4.90 Å². The Kier molecular flexibility index (Phi) is 6.75. The lowest BCUT2D eigenvalue weighted by Gasteiger charge is -2.23. The molecule has 23 heavy (non-hydrogen) atoms. The first kappa shape index (κ1) is 18.7. The maximum Gasteiger partial charge on any atom is 0.323 e. The van der Waals surface area contributed by atoms with E-state index in [0.717, 1.165) is 0 Å². The summed E-state index contributed by atoms with van der Waals surface area (Å²) in [6.07, 6.45) is -0.00963. The Morgan fingerprint density at radius 2 is 1.91 bits per heavy atom. The highest BCUT2D eigenvalue weighted by atomic mass is 16.5. The summed E-state index contributed by atoms with van der Waals surface area (Å²) in [6, 6.07) is 4.90. The third kappa shape index (κ3) is 5.73. The second kappa shape index (κ2) is 8.31. The lowest BCUT2D eigenvalue weighted by molar-refractivity contribution is -0.144. The van der Waals surface area contributed by atoms with Crippen molar-refractivity contribution >= 4 is 17.7 Å². The van der Waals surface area contributed by atoms with Gasteiger partial charge in [-0.1, -0.05) is 13.8 Å². The van der Waals surface area contributed by atoms with E-state index >= 15 is 0 Å². The van der Waals surface area contributed by atoms with Gasteiger partial charge < -0.3 is 14.7 Å². The molecule has 1 N–H and O–H groups in total. The Balaban J connectivity index is 3.02. The molecule has 1 aromatic carbocycles. The van der Waals surface area contributed by atoms with E-state index in [1.807, 2.05) is 13.8 Å². The molecule has 126 valence electrons. The number of carbonyl (C=O) groups is 3. The van der Waals surface area contributed by atoms with Crippen LogP contribution in [-0.2, 0) is 16.0 Å². The highest BCUT2D eigenvalue weighted by Gasteiger charge is 2.20. The monoisotopic (exact) mass is 321 g/mol. The van der Waals surface area contributed by atoms with Gasteiger partial charge >= 0.3 is 5.97 Å². The lowest BCUT2D eigenvalue weighted by Crippen LogP contribution is -2.39. The molecule has 0 unspecified atom stereocenters. The second-order valence-corrected chi connectivity index (χ2v) is 5.82. The van der Waals surface area contributed by atoms with Crippen LogP contribution in [0.2, 0.25) is 0 Å². The number of hydrogen-bond donors (Lipinski definition) is 1. The quantitative estimate of drug-likeness (QED) is 0.740. The standard InChI is InChI=1S/C17H23NO5/c1-11(2)9-18(10-17(21)22)16(20)8-14-7-13(12(3)19)5-6-15(14)23-4/h5-7,11H,8-10H2,1-4H3,(H,21,22). The first-order chi connectivity index (χ1) is 10.7. The van der Waals surface area contributed by atoms with Crippen LogP contribution in [0.15, 0.2) is 18.2 Å². The van der Waals surface area contributed by atoms with Gasteiger partial charge in [0.05, 0.1) is 13.5 Å². The van der Waals surface area contributed by atoms with E-state index in [9.17, 15) is 14.4 Å². The molecule has 0 saturated carbocycles. The van der Waals surface area contributed by atoms with Gasteiger partial charge in [0.15, 0.2) is 5.78 Å². The van der Waals surface area contributed by atoms with E-state index in [1.54, 1.807) is 18.2 Å². The van der Waals surface area contributed by atoms with Crippen molar-refractivity contribution in [2.24, 2.45) is 5.92 Å². The molecule has 0 atom stereocenters. The van der Waals surface area contributed by atoms with E-state index in [2.05, 4.69) is 0 Å². The topological polar surface area (TPSA) is 83.9 Å². The molecule has 0 fully saturated rings. The van der Waals surface area contributed by atoms with Crippen LogP contribution in [0.1, 0.15) is 36.7 Å². The van der Waals surface area contributed by atoms with Crippen molar-refractivity contribution in [3.63, 3.8) is 0 Å². The maximum atomic E-state index is 12.5. The van der Waals surface area contributed by atoms with Crippen LogP contribution in [-0.4, -0.2) is 47.9 Å². The van der Waals surface area contributed by atoms with Gasteiger partial charge in [0.1, 0.15) is 12.3 Å². The SMILES string of the molecule is COc1ccc(C(C)=O)cc1CC(=O)N(CC(=O)O)CC(C)C. The zero-order valence-electron chi connectivity index (χ0n) is 14.0. The molecule has 0 bridgehead atoms. The largest absolute Gasteiger partial charge is 0.496 e. The average Bonchev–Trinajstić information content (AvgIpc) is 2.45. The molecule has 0 aliphatic carbocycles. The Labute approximate surface area is 136 Å². The van der Waals surface area contributed by atoms with Crippen molar-refractivity contribution in [2.45, 2.75) is 27.2 Å². The number of amides is 1. The van der Waals surface area contributed by atoms with Gasteiger partial charge in [0, 0.05) is 17.7 Å². The minimum Gasteiger partial charge on any atom is -0.496 e. The molecule has 1 aromatic rings. The van der Waals surface area contributed by atoms with Gasteiger partial charge in [-0.3, -0.25) is 14.4 Å². The Hall–Kier alpha value is -2.37. The van der Waals surface area contributed by atoms with E-state index in [4.69, 9.17) is 9.84 Å². The number of hydrogen-bond acceptors (Lipinski definition) is 4. The number of carboxylic acids is 1. The van der Waals surface area contributed by atoms with Crippen molar-refractivity contribution in [2.75, 3.05) is 20.2 Å². The first-order valence-electron chi connectivity index (χ1n) is 7.42. The van der Waals surface area contributed by atoms with E-state index in [0.29, 0.717) is 23.4 Å². The van der Waals surface area contributed by atoms with Gasteiger partial charge in [0.25, 0.3) is 0 Å². The number of Topliss-reactive ketones (excluding diaryl/α,β-unsaturated/α-hetero) is 1. The molecule has 0 aliphatic rings. The van der Waals surface area contributed by atoms with Crippen LogP contribution >= 0.6 is 0 Å². The zero-order chi connectivity index (χ0) is 17.6. The number of aliphatic carboxylic acids is 1. The number of methoxy groups -OCH3 is 1. The molecule has 1 rings (SSSR count). The highest BCUT2D eigenvalue weighted by molar-refractivity contribution is 5.95. The fourth-order valence-corrected chi connectivity index (χ4v) is 2.27. The van der Waals surface area contributed by atoms with Crippen molar-refractivity contribution in [1.29, 1.82) is 0 Å². The first-order valence-corrected chi connectivity index (χ1v) is 7.42. The number of carbonyl (C=O) groups excluding carboxylic acids is 2. The number of rotatable bonds is 8. The lowest BCUT2D eigenvalue weighted by atomic mass is 10.0. The van der Waals surface area contributed by atoms with Gasteiger partial charge in [0.2, 0.25) is 5.91 Å². The molecule has 6 heteroatoms. The molecule has 6 nitrogen and oxygen atoms in total. The Morgan fingerprint density at radius 3 is 2.39 bits per heavy atom. The Morgan fingerprint density at radius 1 is 1.26 bits per heavy atom. The van der Waals surface area contributed by atoms with Crippen LogP contribution < -0.4 is 4.74 Å². The van der Waals surface area contributed by atoms with Crippen LogP contribution in [0.25, 0.3) is 0 Å². The van der Waals surface area contributed by atoms with Gasteiger partial charge in [-0.25, -0.2) is 0 Å². The Bertz CT molecular complexity index is 595. The maximum absolute atomic E-state index is 12.5. The minimum absolute atomic E-state index is 0.00963. The van der Waals surface area contributed by atoms with Gasteiger partial charge in [-0.2, -0.15) is 0 Å². The van der Waals surface area contributed by atoms with Crippen LogP contribution in [0, 0.1) is 5.92 Å². The fraction of sp³-hybridized carbons (Fsp3) is 0.471. The number of ether oxygens (including phenoxy) is 1. The second-order valence-electron chi connectivity index (χ2n) is 5.82. The van der Waals surface area contributed by atoms with E-state index in [-0.39, 0.29) is 30.6 Å². The molecule has 0 radical (unpaired) electrons. The predicted octanol–water partition coefficient (Wildman–Crippen LogP) is 2.01. The van der Waals surface area contributed by atoms with Crippen LogP contribution in [0.5, 0.6) is 5.75 Å². The zero-order valence-corrected chi connectivity index (χ0v) is 14.0. The highest BCUT2D eigenvalue weighted by Crippen LogP contribution is 2.21. The summed E-state index contributed by atoms with van der Waals surface area (Å²) in [4.78, 5) is 36.2. The number of ketones is 1. The number of nitrogens with zero attached hydrogens (tertiary/aromatic N) is 1. The third-order valence-corrected chi connectivity index (χ3v) is 3.29. The number of carboxylic acid groups (broad SMARTS) is 1. The third-order valence-electron chi connectivity index (χ3n) is 3.29. The summed E-state index contributed by atoms with van der Waals surface area (Å²) in [5.41, 5.74) is 1.06. The van der Waals surface area contributed by atoms with Crippen molar-refractivity contribution < 1.29 is 24.2 Å². The minimum atomic E-state index is -1.05. The summed E-state index contributed by atoms with van der Waals surface area (Å²) < 4.78 is 5.22. The summed E-state index contributed by atoms with van der Waals surface area (Å²) in [7, 11) is 1.49. The molecular formula is C17H23NO5. The molecule has 0 saturated heterocycles. The van der Waals surface area contributed by atoms with Crippen molar-refractivity contribution in [3.8, 4) is 5.75 Å².